The molecule has 0 bridgehead atoms. The van der Waals surface area contributed by atoms with Crippen molar-refractivity contribution in [2.24, 2.45) is 0 Å². The van der Waals surface area contributed by atoms with E-state index < -0.39 is 0 Å². The molecule has 0 saturated heterocycles. The number of fused-ring (bicyclic) bond motifs is 2. The number of carbonyl (C=O) groups is 2. The van der Waals surface area contributed by atoms with Gasteiger partial charge in [0, 0.05) is 12.5 Å². The molecule has 8 heteroatoms. The molecule has 2 N–H and O–H groups in total. The van der Waals surface area contributed by atoms with Crippen LogP contribution < -0.4 is 20.9 Å². The number of aromatic nitrogens is 2. The maximum atomic E-state index is 12.6. The lowest BCUT2D eigenvalue weighted by molar-refractivity contribution is -0.122. The van der Waals surface area contributed by atoms with E-state index in [1.54, 1.807) is 18.2 Å². The van der Waals surface area contributed by atoms with Crippen molar-refractivity contribution in [2.75, 3.05) is 5.32 Å². The average Bonchev–Trinajstić information content (AvgIpc) is 3.31. The zero-order valence-corrected chi connectivity index (χ0v) is 16.6. The highest BCUT2D eigenvalue weighted by Gasteiger charge is 2.22. The Labute approximate surface area is 168 Å². The summed E-state index contributed by atoms with van der Waals surface area (Å²) in [4.78, 5) is 40.5. The zero-order chi connectivity index (χ0) is 20.4. The summed E-state index contributed by atoms with van der Waals surface area (Å²) in [7, 11) is 0. The molecule has 2 amide bonds. The summed E-state index contributed by atoms with van der Waals surface area (Å²) >= 11 is 0. The molecule has 8 nitrogen and oxygen atoms in total. The number of hydrogen-bond donors (Lipinski definition) is 2. The second kappa shape index (κ2) is 8.23. The molecule has 4 rings (SSSR count). The van der Waals surface area contributed by atoms with E-state index in [4.69, 9.17) is 4.74 Å². The highest BCUT2D eigenvalue weighted by Crippen LogP contribution is 2.22. The van der Waals surface area contributed by atoms with Gasteiger partial charge in [-0.1, -0.05) is 12.8 Å². The molecule has 1 unspecified atom stereocenters. The lowest BCUT2D eigenvalue weighted by atomic mass is 10.1. The Bertz CT molecular complexity index is 994. The Morgan fingerprint density at radius 3 is 2.93 bits per heavy atom. The maximum Gasteiger partial charge on any atom is 0.263 e. The van der Waals surface area contributed by atoms with Gasteiger partial charge in [0.2, 0.25) is 17.8 Å². The SMILES string of the molecule is CC(CCCC(=O)NC1CCCC1)Oc1ccc2nc3n(c(=O)c2c1)CC(=O)N3. The van der Waals surface area contributed by atoms with Gasteiger partial charge in [0.25, 0.3) is 5.56 Å². The number of benzene rings is 1. The van der Waals surface area contributed by atoms with E-state index in [1.165, 1.54) is 17.4 Å². The van der Waals surface area contributed by atoms with Crippen LogP contribution in [0.3, 0.4) is 0 Å². The molecular weight excluding hydrogens is 372 g/mol. The normalized spacial score (nSPS) is 17.2. The fraction of sp³-hybridized carbons (Fsp3) is 0.524. The molecule has 2 heterocycles. The van der Waals surface area contributed by atoms with Crippen molar-refractivity contribution in [1.82, 2.24) is 14.9 Å². The van der Waals surface area contributed by atoms with Crippen LogP contribution in [0.1, 0.15) is 51.9 Å². The van der Waals surface area contributed by atoms with Crippen molar-refractivity contribution in [2.45, 2.75) is 70.6 Å². The number of nitrogens with one attached hydrogen (secondary N) is 2. The van der Waals surface area contributed by atoms with Gasteiger partial charge >= 0.3 is 0 Å². The van der Waals surface area contributed by atoms with Crippen molar-refractivity contribution in [3.63, 3.8) is 0 Å². The fourth-order valence-corrected chi connectivity index (χ4v) is 4.03. The Morgan fingerprint density at radius 2 is 2.14 bits per heavy atom. The number of rotatable bonds is 7. The van der Waals surface area contributed by atoms with Gasteiger partial charge in [-0.3, -0.25) is 24.3 Å². The first-order valence-corrected chi connectivity index (χ1v) is 10.3. The molecule has 0 radical (unpaired) electrons. The van der Waals surface area contributed by atoms with Gasteiger partial charge in [-0.2, -0.15) is 0 Å². The van der Waals surface area contributed by atoms with Crippen molar-refractivity contribution in [3.05, 3.63) is 28.6 Å². The minimum absolute atomic E-state index is 0.0124. The molecule has 1 fully saturated rings. The molecule has 29 heavy (non-hydrogen) atoms. The van der Waals surface area contributed by atoms with Gasteiger partial charge in [-0.15, -0.1) is 0 Å². The van der Waals surface area contributed by atoms with E-state index in [1.807, 2.05) is 6.92 Å². The van der Waals surface area contributed by atoms with E-state index in [0.717, 1.165) is 25.7 Å². The van der Waals surface area contributed by atoms with Crippen molar-refractivity contribution < 1.29 is 14.3 Å². The van der Waals surface area contributed by atoms with Gasteiger partial charge in [-0.05, 0) is 50.8 Å². The van der Waals surface area contributed by atoms with Gasteiger partial charge in [-0.25, -0.2) is 4.98 Å². The van der Waals surface area contributed by atoms with Crippen molar-refractivity contribution in [3.8, 4) is 5.75 Å². The van der Waals surface area contributed by atoms with Gasteiger partial charge in [0.15, 0.2) is 0 Å². The van der Waals surface area contributed by atoms with Crippen LogP contribution in [0, 0.1) is 0 Å². The third-order valence-corrected chi connectivity index (χ3v) is 5.55. The standard InChI is InChI=1S/C21H26N4O4/c1-13(5-4-8-18(26)22-14-6-2-3-7-14)29-15-9-10-17-16(11-15)20(28)25-12-19(27)24-21(25)23-17/h9-11,13-14H,2-8,12H2,1H3,(H,22,26)(H,23,24,27). The zero-order valence-electron chi connectivity index (χ0n) is 16.6. The highest BCUT2D eigenvalue weighted by atomic mass is 16.5. The number of ether oxygens (including phenoxy) is 1. The lowest BCUT2D eigenvalue weighted by Crippen LogP contribution is -2.32. The van der Waals surface area contributed by atoms with Crippen LogP contribution in [0.4, 0.5) is 5.95 Å². The molecule has 1 aromatic carbocycles. The third kappa shape index (κ3) is 4.41. The number of amides is 2. The number of anilines is 1. The predicted molar refractivity (Wildman–Crippen MR) is 109 cm³/mol. The molecule has 2 aromatic rings. The van der Waals surface area contributed by atoms with E-state index in [-0.39, 0.29) is 36.0 Å². The number of nitrogens with zero attached hydrogens (tertiary/aromatic N) is 2. The summed E-state index contributed by atoms with van der Waals surface area (Å²) in [6.45, 7) is 1.94. The van der Waals surface area contributed by atoms with Crippen LogP contribution in [0.15, 0.2) is 23.0 Å². The minimum atomic E-state index is -0.259. The van der Waals surface area contributed by atoms with Gasteiger partial charge in [0.05, 0.1) is 17.0 Å². The largest absolute Gasteiger partial charge is 0.491 e. The van der Waals surface area contributed by atoms with E-state index >= 15 is 0 Å². The lowest BCUT2D eigenvalue weighted by Gasteiger charge is -2.16. The smallest absolute Gasteiger partial charge is 0.263 e. The predicted octanol–water partition coefficient (Wildman–Crippen LogP) is 2.34. The molecular formula is C21H26N4O4. The highest BCUT2D eigenvalue weighted by molar-refractivity contribution is 5.94. The van der Waals surface area contributed by atoms with Crippen molar-refractivity contribution in [1.29, 1.82) is 0 Å². The topological polar surface area (TPSA) is 102 Å². The average molecular weight is 398 g/mol. The monoisotopic (exact) mass is 398 g/mol. The van der Waals surface area contributed by atoms with Crippen LogP contribution in [0.5, 0.6) is 5.75 Å². The number of hydrogen-bond acceptors (Lipinski definition) is 5. The summed E-state index contributed by atoms with van der Waals surface area (Å²) in [5.74, 6) is 0.737. The molecule has 1 saturated carbocycles. The summed E-state index contributed by atoms with van der Waals surface area (Å²) in [6.07, 6.45) is 6.51. The first kappa shape index (κ1) is 19.4. The fourth-order valence-electron chi connectivity index (χ4n) is 4.03. The van der Waals surface area contributed by atoms with Gasteiger partial charge in [0.1, 0.15) is 12.3 Å². The van der Waals surface area contributed by atoms with Crippen LogP contribution in [0.25, 0.3) is 10.9 Å². The van der Waals surface area contributed by atoms with Crippen LogP contribution >= 0.6 is 0 Å². The molecule has 0 spiro atoms. The Hall–Kier alpha value is -2.90. The van der Waals surface area contributed by atoms with Crippen LogP contribution in [0.2, 0.25) is 0 Å². The molecule has 2 aliphatic rings. The molecule has 1 aliphatic carbocycles. The molecule has 1 aliphatic heterocycles. The van der Waals surface area contributed by atoms with E-state index in [0.29, 0.717) is 29.1 Å². The maximum absolute atomic E-state index is 12.6. The minimum Gasteiger partial charge on any atom is -0.491 e. The van der Waals surface area contributed by atoms with E-state index in [9.17, 15) is 14.4 Å². The first-order chi connectivity index (χ1) is 14.0. The van der Waals surface area contributed by atoms with Crippen LogP contribution in [-0.4, -0.2) is 33.5 Å². The molecule has 154 valence electrons. The molecule has 1 atom stereocenters. The second-order valence-electron chi connectivity index (χ2n) is 7.92. The summed E-state index contributed by atoms with van der Waals surface area (Å²) in [5.41, 5.74) is 0.261. The summed E-state index contributed by atoms with van der Waals surface area (Å²) in [6, 6.07) is 5.52. The Balaban J connectivity index is 1.33. The third-order valence-electron chi connectivity index (χ3n) is 5.55. The summed E-state index contributed by atoms with van der Waals surface area (Å²) in [5, 5.41) is 6.10. The Kier molecular flexibility index (Phi) is 5.51. The first-order valence-electron chi connectivity index (χ1n) is 10.3. The number of carbonyl (C=O) groups excluding carboxylic acids is 2. The second-order valence-corrected chi connectivity index (χ2v) is 7.92. The van der Waals surface area contributed by atoms with E-state index in [2.05, 4.69) is 15.6 Å². The Morgan fingerprint density at radius 1 is 1.34 bits per heavy atom. The quantitative estimate of drug-likeness (QED) is 0.745. The summed E-state index contributed by atoms with van der Waals surface area (Å²) < 4.78 is 7.28. The van der Waals surface area contributed by atoms with Gasteiger partial charge < -0.3 is 10.1 Å². The van der Waals surface area contributed by atoms with Crippen LogP contribution in [-0.2, 0) is 16.1 Å². The van der Waals surface area contributed by atoms with Crippen molar-refractivity contribution >= 4 is 28.7 Å². The molecule has 1 aromatic heterocycles.